The van der Waals surface area contributed by atoms with Gasteiger partial charge < -0.3 is 34.4 Å². The van der Waals surface area contributed by atoms with Gasteiger partial charge in [0.25, 0.3) is 0 Å². The third-order valence-corrected chi connectivity index (χ3v) is 2.76. The van der Waals surface area contributed by atoms with Crippen molar-refractivity contribution in [2.75, 3.05) is 0 Å². The molecule has 0 amide bonds. The second-order valence-corrected chi connectivity index (χ2v) is 4.79. The summed E-state index contributed by atoms with van der Waals surface area (Å²) >= 11 is 0. The monoisotopic (exact) mass is 559 g/mol. The lowest BCUT2D eigenvalue weighted by atomic mass is 10.8. The van der Waals surface area contributed by atoms with Gasteiger partial charge in [0.1, 0.15) is 0 Å². The fraction of sp³-hybridized carbons (Fsp3) is 0.200. The van der Waals surface area contributed by atoms with Crippen LogP contribution in [0, 0.1) is 16.2 Å². The first kappa shape index (κ1) is 39.5. The van der Waals surface area contributed by atoms with Gasteiger partial charge in [0.15, 0.2) is 17.9 Å². The van der Waals surface area contributed by atoms with E-state index in [2.05, 4.69) is 25.0 Å². The first-order chi connectivity index (χ1) is 12.4. The normalized spacial score (nSPS) is 9.81. The molecule has 0 aliphatic rings. The van der Waals surface area contributed by atoms with Crippen molar-refractivity contribution in [3.8, 4) is 0 Å². The number of halogens is 5. The zero-order chi connectivity index (χ0) is 20.9. The van der Waals surface area contributed by atoms with Crippen molar-refractivity contribution in [1.82, 2.24) is 13.9 Å². The molecule has 1 heterocycles. The summed E-state index contributed by atoms with van der Waals surface area (Å²) in [7, 11) is 3.06. The van der Waals surface area contributed by atoms with Crippen molar-refractivity contribution in [1.29, 1.82) is 16.2 Å². The van der Waals surface area contributed by atoms with Crippen molar-refractivity contribution in [2.24, 2.45) is 73.5 Å². The topological polar surface area (TPSA) is 304 Å². The molecule has 0 radical (unpaired) electrons. The van der Waals surface area contributed by atoms with Gasteiger partial charge >= 0.3 is 0 Å². The van der Waals surface area contributed by atoms with E-state index in [0.29, 0.717) is 0 Å². The smallest absolute Gasteiger partial charge is 0.248 e. The Kier molecular flexibility index (Phi) is 20.6. The van der Waals surface area contributed by atoms with E-state index < -0.39 is 23.8 Å². The average Bonchev–Trinajstić information content (AvgIpc) is 2.70. The molecule has 0 aromatic carbocycles. The molecule has 22 heteroatoms. The van der Waals surface area contributed by atoms with Crippen molar-refractivity contribution in [3.63, 3.8) is 0 Å². The summed E-state index contributed by atoms with van der Waals surface area (Å²) in [5.41, 5.74) is 31.4. The number of aliphatic imine (C=N–C) groups is 3. The quantitative estimate of drug-likeness (QED) is 0.114. The van der Waals surface area contributed by atoms with Gasteiger partial charge in [0.2, 0.25) is 29.1 Å². The van der Waals surface area contributed by atoms with Crippen molar-refractivity contribution in [3.05, 3.63) is 11.2 Å². The maximum Gasteiger partial charge on any atom is 0.248 e. The van der Waals surface area contributed by atoms with E-state index in [-0.39, 0.29) is 85.2 Å². The summed E-state index contributed by atoms with van der Waals surface area (Å²) in [4.78, 5) is 18.4. The Morgan fingerprint density at radius 2 is 0.875 bits per heavy atom. The minimum absolute atomic E-state index is 0. The van der Waals surface area contributed by atoms with Crippen molar-refractivity contribution < 1.29 is 0 Å². The minimum Gasteiger partial charge on any atom is -0.370 e. The summed E-state index contributed by atoms with van der Waals surface area (Å²) in [6.45, 7) is 0. The molecule has 32 heavy (non-hydrogen) atoms. The number of guanidine groups is 5. The van der Waals surface area contributed by atoms with Crippen molar-refractivity contribution in [2.45, 2.75) is 0 Å². The molecule has 1 aromatic rings. The molecular weight excluding hydrogens is 535 g/mol. The summed E-state index contributed by atoms with van der Waals surface area (Å²) in [5, 5.41) is 23.5. The predicted molar refractivity (Wildman–Crippen MR) is 136 cm³/mol. The summed E-state index contributed by atoms with van der Waals surface area (Å²) in [5.74, 6) is -2.81. The fourth-order valence-electron chi connectivity index (χ4n) is 1.74. The van der Waals surface area contributed by atoms with Crippen LogP contribution < -0.4 is 45.6 Å². The molecule has 0 unspecified atom stereocenters. The number of nitrogens with zero attached hydrogens (tertiary/aromatic N) is 8. The molecule has 1 rings (SSSR count). The highest BCUT2D eigenvalue weighted by molar-refractivity contribution is 5.94. The fourth-order valence-corrected chi connectivity index (χ4v) is 1.74. The maximum atomic E-state index is 8.08. The van der Waals surface area contributed by atoms with Gasteiger partial charge in [0, 0.05) is 14.1 Å². The second kappa shape index (κ2) is 16.7. The second-order valence-electron chi connectivity index (χ2n) is 4.79. The molecule has 0 fully saturated rings. The van der Waals surface area contributed by atoms with Gasteiger partial charge in [-0.25, -0.2) is 4.57 Å². The zero-order valence-corrected chi connectivity index (χ0v) is 20.7. The molecular formula is C10H26Cl5N17. The number of hydrogen-bond donors (Lipinski definition) is 9. The summed E-state index contributed by atoms with van der Waals surface area (Å²) in [6.07, 6.45) is 0. The van der Waals surface area contributed by atoms with E-state index in [9.17, 15) is 0 Å². The SMILES string of the molecule is Cl.Cl.Cl.Cl.Cl.Cn1/c(=N\C(=N)N=C(N)N)n(C(=N)N=C(N)N)/c(=N\C(=N)N=C(N)N)n1C. The molecule has 15 N–H and O–H groups in total. The van der Waals surface area contributed by atoms with Crippen LogP contribution in [0.2, 0.25) is 0 Å². The van der Waals surface area contributed by atoms with Crippen LogP contribution in [-0.4, -0.2) is 49.7 Å². The van der Waals surface area contributed by atoms with Crippen LogP contribution in [0.15, 0.2) is 25.0 Å². The van der Waals surface area contributed by atoms with E-state index in [1.54, 1.807) is 0 Å². The number of hydrogen-bond acceptors (Lipinski definition) is 3. The third kappa shape index (κ3) is 10.9. The molecule has 0 saturated heterocycles. The largest absolute Gasteiger partial charge is 0.370 e. The molecule has 0 aliphatic heterocycles. The van der Waals surface area contributed by atoms with E-state index >= 15 is 0 Å². The number of rotatable bonds is 0. The molecule has 0 saturated carbocycles. The van der Waals surface area contributed by atoms with Crippen LogP contribution in [-0.2, 0) is 14.1 Å². The first-order valence-electron chi connectivity index (χ1n) is 6.93. The molecule has 0 spiro atoms. The Bertz CT molecular complexity index is 944. The van der Waals surface area contributed by atoms with Gasteiger partial charge in [-0.3, -0.25) is 25.6 Å². The average molecular weight is 562 g/mol. The minimum atomic E-state index is -0.562. The summed E-state index contributed by atoms with van der Waals surface area (Å²) < 4.78 is 3.76. The van der Waals surface area contributed by atoms with Gasteiger partial charge in [-0.2, -0.15) is 25.0 Å². The highest BCUT2D eigenvalue weighted by Gasteiger charge is 2.14. The van der Waals surface area contributed by atoms with Crippen LogP contribution in [0.25, 0.3) is 0 Å². The number of nitrogens with one attached hydrogen (secondary N) is 3. The Labute approximate surface area is 212 Å². The third-order valence-electron chi connectivity index (χ3n) is 2.76. The Morgan fingerprint density at radius 1 is 0.594 bits per heavy atom. The lowest BCUT2D eigenvalue weighted by Crippen LogP contribution is -2.38. The lowest BCUT2D eigenvalue weighted by Gasteiger charge is -2.00. The number of nitrogens with two attached hydrogens (primary N) is 6. The maximum absolute atomic E-state index is 8.08. The Morgan fingerprint density at radius 3 is 1.12 bits per heavy atom. The van der Waals surface area contributed by atoms with Crippen LogP contribution in [0.4, 0.5) is 0 Å². The van der Waals surface area contributed by atoms with Crippen molar-refractivity contribution >= 4 is 97.8 Å². The highest BCUT2D eigenvalue weighted by Crippen LogP contribution is 1.85. The molecule has 1 aromatic heterocycles. The highest BCUT2D eigenvalue weighted by atomic mass is 35.5. The van der Waals surface area contributed by atoms with E-state index in [4.69, 9.17) is 50.6 Å². The van der Waals surface area contributed by atoms with E-state index in [0.717, 1.165) is 4.57 Å². The van der Waals surface area contributed by atoms with Gasteiger partial charge in [-0.15, -0.1) is 62.0 Å². The van der Waals surface area contributed by atoms with Crippen LogP contribution in [0.1, 0.15) is 0 Å². The standard InChI is InChI=1S/C10H21N17.5ClH/c1-25-9(23-6(17)20-3(11)12)27(8(19)22-5(15)16)10(26(25)2)24-7(18)21-4(13)14;;;;;/h1-2H3,(H5,11,12,17,20)(H5,13,14,18,21)(H5,15,16,19,22);5*1H/b23-9-,24-10+;;;;;. The van der Waals surface area contributed by atoms with Crippen LogP contribution in [0.3, 0.4) is 0 Å². The summed E-state index contributed by atoms with van der Waals surface area (Å²) in [6, 6.07) is 0. The van der Waals surface area contributed by atoms with Gasteiger partial charge in [-0.05, 0) is 0 Å². The molecule has 0 atom stereocenters. The Balaban J connectivity index is -0.000000486. The number of aromatic nitrogens is 3. The predicted octanol–water partition coefficient (Wildman–Crippen LogP) is -3.45. The molecule has 17 nitrogen and oxygen atoms in total. The van der Waals surface area contributed by atoms with E-state index in [1.807, 2.05) is 0 Å². The van der Waals surface area contributed by atoms with Crippen LogP contribution in [0.5, 0.6) is 0 Å². The first-order valence-corrected chi connectivity index (χ1v) is 6.93. The molecule has 0 bridgehead atoms. The zero-order valence-electron chi connectivity index (χ0n) is 16.6. The van der Waals surface area contributed by atoms with Crippen LogP contribution >= 0.6 is 62.0 Å². The lowest BCUT2D eigenvalue weighted by molar-refractivity contribution is 0.554. The van der Waals surface area contributed by atoms with Gasteiger partial charge in [-0.1, -0.05) is 0 Å². The Hall–Kier alpha value is -2.99. The molecule has 0 aliphatic carbocycles. The van der Waals surface area contributed by atoms with E-state index in [1.165, 1.54) is 23.5 Å². The molecule has 186 valence electrons. The van der Waals surface area contributed by atoms with Gasteiger partial charge in [0.05, 0.1) is 0 Å².